The minimum atomic E-state index is -1.11. The highest BCUT2D eigenvalue weighted by atomic mass is 16.6. The van der Waals surface area contributed by atoms with Gasteiger partial charge in [0.25, 0.3) is 0 Å². The summed E-state index contributed by atoms with van der Waals surface area (Å²) in [4.78, 5) is 25.1. The van der Waals surface area contributed by atoms with E-state index in [1.165, 1.54) is 11.1 Å². The van der Waals surface area contributed by atoms with E-state index in [4.69, 9.17) is 4.74 Å². The first-order valence-corrected chi connectivity index (χ1v) is 6.79. The summed E-state index contributed by atoms with van der Waals surface area (Å²) in [5.41, 5.74) is 0.500. The molecule has 7 heteroatoms. The fraction of sp³-hybridized carbons (Fsp3) is 0.643. The fourth-order valence-corrected chi connectivity index (χ4v) is 1.96. The van der Waals surface area contributed by atoms with Crippen LogP contribution in [0.4, 0.5) is 4.79 Å². The van der Waals surface area contributed by atoms with E-state index in [1.54, 1.807) is 46.3 Å². The molecule has 1 aromatic rings. The molecule has 1 N–H and O–H groups in total. The topological polar surface area (TPSA) is 84.7 Å². The van der Waals surface area contributed by atoms with Crippen molar-refractivity contribution in [1.29, 1.82) is 0 Å². The molecule has 0 spiro atoms. The second kappa shape index (κ2) is 6.15. The van der Waals surface area contributed by atoms with Crippen molar-refractivity contribution in [3.05, 3.63) is 17.5 Å². The molecule has 0 aromatic carbocycles. The number of aryl methyl sites for hydroxylation is 1. The van der Waals surface area contributed by atoms with Crippen LogP contribution in [0, 0.1) is 6.92 Å². The van der Waals surface area contributed by atoms with Crippen molar-refractivity contribution < 1.29 is 19.4 Å². The van der Waals surface area contributed by atoms with Crippen LogP contribution in [0.1, 0.15) is 45.0 Å². The van der Waals surface area contributed by atoms with E-state index in [0.717, 1.165) is 0 Å². The van der Waals surface area contributed by atoms with Crippen LogP contribution in [0.2, 0.25) is 0 Å². The summed E-state index contributed by atoms with van der Waals surface area (Å²) in [5.74, 6) is -1.11. The van der Waals surface area contributed by atoms with Crippen molar-refractivity contribution in [1.82, 2.24) is 14.7 Å². The van der Waals surface area contributed by atoms with Crippen LogP contribution in [-0.4, -0.2) is 44.0 Å². The minimum Gasteiger partial charge on any atom is -0.479 e. The van der Waals surface area contributed by atoms with Crippen molar-refractivity contribution in [2.24, 2.45) is 7.05 Å². The number of carbonyl (C=O) groups excluding carboxylic acids is 1. The van der Waals surface area contributed by atoms with E-state index in [0.29, 0.717) is 11.3 Å². The number of hydrogen-bond acceptors (Lipinski definition) is 4. The Hall–Kier alpha value is -2.05. The molecule has 0 saturated heterocycles. The predicted molar refractivity (Wildman–Crippen MR) is 76.9 cm³/mol. The second-order valence-electron chi connectivity index (χ2n) is 5.82. The SMILES string of the molecule is CCN(C(=O)OC(C)(C)C)C(C(=O)O)c1cnn(C)c1C. The molecule has 0 bridgehead atoms. The van der Waals surface area contributed by atoms with Gasteiger partial charge in [0.15, 0.2) is 6.04 Å². The molecule has 21 heavy (non-hydrogen) atoms. The lowest BCUT2D eigenvalue weighted by Gasteiger charge is -2.30. The zero-order valence-corrected chi connectivity index (χ0v) is 13.4. The average Bonchev–Trinajstić information content (AvgIpc) is 2.64. The smallest absolute Gasteiger partial charge is 0.411 e. The number of carbonyl (C=O) groups is 2. The Bertz CT molecular complexity index is 531. The fourth-order valence-electron chi connectivity index (χ4n) is 1.96. The molecule has 7 nitrogen and oxygen atoms in total. The van der Waals surface area contributed by atoms with Gasteiger partial charge in [-0.1, -0.05) is 0 Å². The van der Waals surface area contributed by atoms with Crippen LogP contribution in [-0.2, 0) is 16.6 Å². The normalized spacial score (nSPS) is 12.9. The number of aromatic nitrogens is 2. The lowest BCUT2D eigenvalue weighted by atomic mass is 10.1. The number of ether oxygens (including phenoxy) is 1. The van der Waals surface area contributed by atoms with Crippen LogP contribution in [0.15, 0.2) is 6.20 Å². The van der Waals surface area contributed by atoms with Gasteiger partial charge in [0, 0.05) is 24.8 Å². The summed E-state index contributed by atoms with van der Waals surface area (Å²) < 4.78 is 6.86. The van der Waals surface area contributed by atoms with E-state index in [-0.39, 0.29) is 6.54 Å². The molecular formula is C14H23N3O4. The molecule has 0 saturated carbocycles. The highest BCUT2D eigenvalue weighted by Gasteiger charge is 2.35. The number of amides is 1. The summed E-state index contributed by atoms with van der Waals surface area (Å²) in [5, 5.41) is 13.6. The lowest BCUT2D eigenvalue weighted by molar-refractivity contribution is -0.143. The Morgan fingerprint density at radius 1 is 1.48 bits per heavy atom. The lowest BCUT2D eigenvalue weighted by Crippen LogP contribution is -2.42. The molecule has 0 radical (unpaired) electrons. The third-order valence-electron chi connectivity index (χ3n) is 3.08. The number of nitrogens with zero attached hydrogens (tertiary/aromatic N) is 3. The van der Waals surface area contributed by atoms with Crippen molar-refractivity contribution in [2.75, 3.05) is 6.54 Å². The summed E-state index contributed by atoms with van der Waals surface area (Å²) in [6.45, 7) is 8.92. The minimum absolute atomic E-state index is 0.222. The molecule has 0 aliphatic heterocycles. The quantitative estimate of drug-likeness (QED) is 0.920. The van der Waals surface area contributed by atoms with Crippen LogP contribution in [0.3, 0.4) is 0 Å². The van der Waals surface area contributed by atoms with Crippen molar-refractivity contribution in [2.45, 2.75) is 46.3 Å². The van der Waals surface area contributed by atoms with E-state index in [1.807, 2.05) is 0 Å². The first-order chi connectivity index (χ1) is 9.58. The number of rotatable bonds is 4. The average molecular weight is 297 g/mol. The van der Waals surface area contributed by atoms with Gasteiger partial charge in [0.1, 0.15) is 5.60 Å². The molecule has 1 unspecified atom stereocenters. The van der Waals surface area contributed by atoms with Gasteiger partial charge < -0.3 is 9.84 Å². The van der Waals surface area contributed by atoms with Crippen LogP contribution < -0.4 is 0 Å². The molecule has 118 valence electrons. The highest BCUT2D eigenvalue weighted by Crippen LogP contribution is 2.25. The van der Waals surface area contributed by atoms with E-state index >= 15 is 0 Å². The first kappa shape index (κ1) is 17.0. The van der Waals surface area contributed by atoms with Crippen molar-refractivity contribution in [3.8, 4) is 0 Å². The maximum Gasteiger partial charge on any atom is 0.411 e. The van der Waals surface area contributed by atoms with Gasteiger partial charge in [0.05, 0.1) is 6.20 Å². The third-order valence-corrected chi connectivity index (χ3v) is 3.08. The Morgan fingerprint density at radius 2 is 2.05 bits per heavy atom. The van der Waals surface area contributed by atoms with Crippen molar-refractivity contribution in [3.63, 3.8) is 0 Å². The van der Waals surface area contributed by atoms with E-state index < -0.39 is 23.7 Å². The van der Waals surface area contributed by atoms with E-state index in [2.05, 4.69) is 5.10 Å². The molecule has 1 atom stereocenters. The molecule has 1 heterocycles. The molecule has 0 aliphatic carbocycles. The van der Waals surface area contributed by atoms with Crippen LogP contribution in [0.25, 0.3) is 0 Å². The third kappa shape index (κ3) is 3.96. The zero-order chi connectivity index (χ0) is 16.4. The maximum absolute atomic E-state index is 12.2. The zero-order valence-electron chi connectivity index (χ0n) is 13.4. The van der Waals surface area contributed by atoms with Gasteiger partial charge in [-0.3, -0.25) is 9.58 Å². The maximum atomic E-state index is 12.2. The van der Waals surface area contributed by atoms with Gasteiger partial charge in [-0.15, -0.1) is 0 Å². The van der Waals surface area contributed by atoms with Gasteiger partial charge >= 0.3 is 12.1 Å². The number of aliphatic carboxylic acids is 1. The van der Waals surface area contributed by atoms with Crippen molar-refractivity contribution >= 4 is 12.1 Å². The molecule has 0 aliphatic rings. The predicted octanol–water partition coefficient (Wildman–Crippen LogP) is 2.11. The van der Waals surface area contributed by atoms with Gasteiger partial charge in [0.2, 0.25) is 0 Å². The Morgan fingerprint density at radius 3 is 2.38 bits per heavy atom. The largest absolute Gasteiger partial charge is 0.479 e. The second-order valence-corrected chi connectivity index (χ2v) is 5.82. The number of hydrogen-bond donors (Lipinski definition) is 1. The Balaban J connectivity index is 3.16. The summed E-state index contributed by atoms with van der Waals surface area (Å²) in [6.07, 6.45) is 0.821. The standard InChI is InChI=1S/C14H23N3O4/c1-7-17(13(20)21-14(3,4)5)11(12(18)19)10-8-15-16(6)9(10)2/h8,11H,7H2,1-6H3,(H,18,19). The van der Waals surface area contributed by atoms with Gasteiger partial charge in [-0.2, -0.15) is 5.10 Å². The Kier molecular flexibility index (Phi) is 4.98. The highest BCUT2D eigenvalue weighted by molar-refractivity contribution is 5.81. The first-order valence-electron chi connectivity index (χ1n) is 6.79. The molecule has 1 amide bonds. The number of carboxylic acid groups (broad SMARTS) is 1. The molecular weight excluding hydrogens is 274 g/mol. The number of carboxylic acids is 1. The molecule has 1 aromatic heterocycles. The van der Waals surface area contributed by atoms with Gasteiger partial charge in [-0.25, -0.2) is 9.59 Å². The van der Waals surface area contributed by atoms with E-state index in [9.17, 15) is 14.7 Å². The molecule has 0 fully saturated rings. The summed E-state index contributed by atoms with van der Waals surface area (Å²) >= 11 is 0. The Labute approximate surface area is 124 Å². The summed E-state index contributed by atoms with van der Waals surface area (Å²) in [7, 11) is 1.72. The van der Waals surface area contributed by atoms with Crippen LogP contribution >= 0.6 is 0 Å². The van der Waals surface area contributed by atoms with Gasteiger partial charge in [-0.05, 0) is 34.6 Å². The number of likely N-dealkylation sites (N-methyl/N-ethyl adjacent to an activating group) is 1. The monoisotopic (exact) mass is 297 g/mol. The molecule has 1 rings (SSSR count). The summed E-state index contributed by atoms with van der Waals surface area (Å²) in [6, 6.07) is -1.11. The van der Waals surface area contributed by atoms with Crippen LogP contribution in [0.5, 0.6) is 0 Å².